The van der Waals surface area contributed by atoms with E-state index in [-0.39, 0.29) is 40.3 Å². The van der Waals surface area contributed by atoms with Crippen molar-refractivity contribution in [2.24, 2.45) is 17.6 Å². The van der Waals surface area contributed by atoms with Gasteiger partial charge < -0.3 is 31.5 Å². The normalized spacial score (nSPS) is 28.1. The summed E-state index contributed by atoms with van der Waals surface area (Å²) in [5, 5.41) is 49.1. The highest BCUT2D eigenvalue weighted by molar-refractivity contribution is 6.24. The summed E-state index contributed by atoms with van der Waals surface area (Å²) in [5.74, 6) is -8.25. The molecule has 41 heavy (non-hydrogen) atoms. The van der Waals surface area contributed by atoms with Crippen LogP contribution in [0.15, 0.2) is 35.1 Å². The van der Waals surface area contributed by atoms with Gasteiger partial charge in [-0.2, -0.15) is 0 Å². The summed E-state index contributed by atoms with van der Waals surface area (Å²) in [6.07, 6.45) is 3.13. The second-order valence-electron chi connectivity index (χ2n) is 11.9. The Labute approximate surface area is 234 Å². The van der Waals surface area contributed by atoms with E-state index in [9.17, 15) is 34.8 Å². The van der Waals surface area contributed by atoms with E-state index < -0.39 is 69.6 Å². The number of carbonyl (C=O) groups is 3. The van der Waals surface area contributed by atoms with Crippen LogP contribution < -0.4 is 11.1 Å². The van der Waals surface area contributed by atoms with E-state index >= 15 is 4.39 Å². The summed E-state index contributed by atoms with van der Waals surface area (Å²) in [4.78, 5) is 40.7. The van der Waals surface area contributed by atoms with Crippen LogP contribution >= 0.6 is 0 Å². The van der Waals surface area contributed by atoms with Gasteiger partial charge in [-0.25, -0.2) is 4.39 Å². The number of nitrogens with one attached hydrogen (secondary N) is 1. The standard InChI is InChI=1S/C30H32FN3O7/c1-34(2)23-18-10-13-9-17-20(25(36)19(13)27(38)30(18,41)28(39)21(26(23)37)29(32)40)24(35)16-8-12(6-7-15(16)22(17)31)11-33-14-4-3-5-14/h6-8,13-14,18,23,33,35-36,39,41H,3-5,9-11H2,1-2H3,(H2,32,40)/t13-,18-,23-,30-/m0/s1. The number of phenols is 1. The first-order chi connectivity index (χ1) is 19.4. The fraction of sp³-hybridized carbons (Fsp3) is 0.433. The van der Waals surface area contributed by atoms with Gasteiger partial charge >= 0.3 is 0 Å². The minimum atomic E-state index is -2.74. The van der Waals surface area contributed by atoms with Crippen LogP contribution in [-0.2, 0) is 27.3 Å². The van der Waals surface area contributed by atoms with E-state index in [4.69, 9.17) is 5.73 Å². The molecule has 0 unspecified atom stereocenters. The van der Waals surface area contributed by atoms with Crippen LogP contribution in [0.25, 0.3) is 16.5 Å². The molecule has 0 saturated heterocycles. The van der Waals surface area contributed by atoms with E-state index in [0.29, 0.717) is 12.6 Å². The highest BCUT2D eigenvalue weighted by atomic mass is 19.1. The third kappa shape index (κ3) is 3.75. The summed E-state index contributed by atoms with van der Waals surface area (Å²) >= 11 is 0. The maximum absolute atomic E-state index is 16.0. The van der Waals surface area contributed by atoms with Crippen molar-refractivity contribution in [3.8, 4) is 5.75 Å². The van der Waals surface area contributed by atoms with E-state index in [1.807, 2.05) is 0 Å². The second kappa shape index (κ2) is 9.37. The van der Waals surface area contributed by atoms with Gasteiger partial charge in [-0.15, -0.1) is 0 Å². The molecule has 0 aliphatic heterocycles. The molecule has 1 amide bonds. The van der Waals surface area contributed by atoms with Crippen LogP contribution in [0.5, 0.6) is 5.75 Å². The zero-order valence-electron chi connectivity index (χ0n) is 22.7. The molecule has 11 heteroatoms. The molecule has 0 radical (unpaired) electrons. The minimum absolute atomic E-state index is 0.0148. The lowest BCUT2D eigenvalue weighted by atomic mass is 9.57. The first-order valence-electron chi connectivity index (χ1n) is 13.7. The topological polar surface area (TPSA) is 173 Å². The third-order valence-corrected chi connectivity index (χ3v) is 9.39. The Morgan fingerprint density at radius 2 is 1.88 bits per heavy atom. The van der Waals surface area contributed by atoms with E-state index in [1.54, 1.807) is 18.2 Å². The predicted octanol–water partition coefficient (Wildman–Crippen LogP) is 1.90. The van der Waals surface area contributed by atoms with Gasteiger partial charge in [-0.3, -0.25) is 19.3 Å². The number of primary amides is 1. The van der Waals surface area contributed by atoms with Gasteiger partial charge in [0.25, 0.3) is 5.91 Å². The van der Waals surface area contributed by atoms with E-state index in [0.717, 1.165) is 18.4 Å². The molecule has 4 atom stereocenters. The number of benzene rings is 2. The number of hydrogen-bond donors (Lipinski definition) is 6. The molecule has 0 aromatic heterocycles. The number of fused-ring (bicyclic) bond motifs is 4. The van der Waals surface area contributed by atoms with Crippen molar-refractivity contribution in [1.82, 2.24) is 10.2 Å². The number of nitrogens with two attached hydrogens (primary N) is 1. The molecule has 2 aromatic rings. The third-order valence-electron chi connectivity index (χ3n) is 9.39. The van der Waals surface area contributed by atoms with Gasteiger partial charge in [0.1, 0.15) is 28.7 Å². The Morgan fingerprint density at radius 3 is 2.49 bits per heavy atom. The Balaban J connectivity index is 1.50. The van der Waals surface area contributed by atoms with Crippen LogP contribution in [0.2, 0.25) is 0 Å². The zero-order chi connectivity index (χ0) is 29.5. The number of rotatable bonds is 5. The van der Waals surface area contributed by atoms with Crippen LogP contribution in [0.4, 0.5) is 4.39 Å². The van der Waals surface area contributed by atoms with Gasteiger partial charge in [-0.1, -0.05) is 18.6 Å². The van der Waals surface area contributed by atoms with Gasteiger partial charge in [-0.05, 0) is 57.3 Å². The first-order valence-corrected chi connectivity index (χ1v) is 13.7. The number of carbonyl (C=O) groups excluding carboxylic acids is 3. The van der Waals surface area contributed by atoms with Gasteiger partial charge in [0, 0.05) is 40.4 Å². The van der Waals surface area contributed by atoms with E-state index in [2.05, 4.69) is 5.32 Å². The molecular formula is C30H32FN3O7. The number of hydrogen-bond acceptors (Lipinski definition) is 9. The average Bonchev–Trinajstić information content (AvgIpc) is 2.88. The van der Waals surface area contributed by atoms with Crippen molar-refractivity contribution in [1.29, 1.82) is 0 Å². The first kappa shape index (κ1) is 27.4. The molecule has 4 aliphatic carbocycles. The number of Topliss-reactive ketones (excluding diaryl/α,β-unsaturated/α-hetero) is 2. The smallest absolute Gasteiger partial charge is 0.255 e. The maximum Gasteiger partial charge on any atom is 0.255 e. The number of phenolic OH excluding ortho intramolecular Hbond substituents is 1. The zero-order valence-corrected chi connectivity index (χ0v) is 22.7. The Hall–Kier alpha value is -3.80. The highest BCUT2D eigenvalue weighted by Gasteiger charge is 2.64. The summed E-state index contributed by atoms with van der Waals surface area (Å²) in [6, 6.07) is 4.21. The molecule has 2 saturated carbocycles. The quantitative estimate of drug-likeness (QED) is 0.296. The number of halogens is 1. The van der Waals surface area contributed by atoms with Crippen molar-refractivity contribution in [2.45, 2.75) is 56.3 Å². The number of aliphatic hydroxyl groups excluding tert-OH is 2. The lowest BCUT2D eigenvalue weighted by Crippen LogP contribution is -2.65. The predicted molar refractivity (Wildman–Crippen MR) is 146 cm³/mol. The van der Waals surface area contributed by atoms with Crippen molar-refractivity contribution in [2.75, 3.05) is 14.1 Å². The number of aliphatic hydroxyl groups is 3. The molecule has 4 aliphatic rings. The largest absolute Gasteiger partial charge is 0.508 e. The van der Waals surface area contributed by atoms with Crippen LogP contribution in [-0.4, -0.2) is 74.6 Å². The van der Waals surface area contributed by atoms with Gasteiger partial charge in [0.2, 0.25) is 5.78 Å². The molecule has 2 fully saturated rings. The molecule has 6 rings (SSSR count). The minimum Gasteiger partial charge on any atom is -0.508 e. The van der Waals surface area contributed by atoms with Crippen molar-refractivity contribution >= 4 is 34.0 Å². The van der Waals surface area contributed by atoms with Crippen LogP contribution in [0.1, 0.15) is 42.4 Å². The molecule has 0 heterocycles. The molecule has 7 N–H and O–H groups in total. The second-order valence-corrected chi connectivity index (χ2v) is 11.9. The Kier molecular flexibility index (Phi) is 6.25. The van der Waals surface area contributed by atoms with Crippen LogP contribution in [0.3, 0.4) is 0 Å². The Morgan fingerprint density at radius 1 is 1.17 bits per heavy atom. The van der Waals surface area contributed by atoms with Crippen molar-refractivity contribution in [3.63, 3.8) is 0 Å². The number of aromatic hydroxyl groups is 1. The molecule has 216 valence electrons. The fourth-order valence-electron chi connectivity index (χ4n) is 7.09. The summed E-state index contributed by atoms with van der Waals surface area (Å²) < 4.78 is 16.0. The number of amides is 1. The highest BCUT2D eigenvalue weighted by Crippen LogP contribution is 2.53. The number of likely N-dealkylation sites (N-methyl/N-ethyl adjacent to an activating group) is 1. The van der Waals surface area contributed by atoms with Gasteiger partial charge in [0.05, 0.1) is 11.6 Å². The molecular weight excluding hydrogens is 533 g/mol. The molecule has 0 spiro atoms. The lowest BCUT2D eigenvalue weighted by molar-refractivity contribution is -0.153. The summed E-state index contributed by atoms with van der Waals surface area (Å²) in [6.45, 7) is 0.514. The van der Waals surface area contributed by atoms with E-state index in [1.165, 1.54) is 25.4 Å². The Bertz CT molecular complexity index is 1610. The molecule has 10 nitrogen and oxygen atoms in total. The molecule has 0 bridgehead atoms. The number of nitrogens with zero attached hydrogens (tertiary/aromatic N) is 1. The summed E-state index contributed by atoms with van der Waals surface area (Å²) in [5.41, 5.74) is 1.99. The SMILES string of the molecule is CN(C)[C@@H]1C(=O)C(C(N)=O)=C(O)[C@@]2(O)C(=O)C3=C(O)c4c(c(F)c5ccc(CNC6CCC6)cc5c4O)C[C@H]3C[C@@H]12. The molecule has 2 aromatic carbocycles. The van der Waals surface area contributed by atoms with Crippen molar-refractivity contribution in [3.05, 3.63) is 57.6 Å². The lowest BCUT2D eigenvalue weighted by Gasteiger charge is -2.50. The average molecular weight is 566 g/mol. The monoisotopic (exact) mass is 565 g/mol. The van der Waals surface area contributed by atoms with Crippen LogP contribution in [0, 0.1) is 17.7 Å². The van der Waals surface area contributed by atoms with Gasteiger partial charge in [0.15, 0.2) is 11.4 Å². The maximum atomic E-state index is 16.0. The summed E-state index contributed by atoms with van der Waals surface area (Å²) in [7, 11) is 3.04. The van der Waals surface area contributed by atoms with Crippen molar-refractivity contribution < 1.29 is 39.2 Å². The number of ketones is 2. The fourth-order valence-corrected chi connectivity index (χ4v) is 7.09.